The standard InChI is InChI=1S/C27H37FN2O2/c1-19-23(27(31)29-22-11-7-4-8-12-22)18-25(24-17-21(28)13-14-26(24)32-2)30(19)16-15-20-9-5-3-6-10-20/h13-14,17-18,20,22H,3-12,15-16H2,1-2H3,(H,29,31). The van der Waals surface area contributed by atoms with Gasteiger partial charge >= 0.3 is 0 Å². The third kappa shape index (κ3) is 5.19. The summed E-state index contributed by atoms with van der Waals surface area (Å²) >= 11 is 0. The molecule has 2 saturated carbocycles. The van der Waals surface area contributed by atoms with Crippen LogP contribution in [0.1, 0.15) is 86.7 Å². The first-order chi connectivity index (χ1) is 15.6. The Hall–Kier alpha value is -2.30. The van der Waals surface area contributed by atoms with Crippen molar-refractivity contribution >= 4 is 5.91 Å². The first kappa shape index (κ1) is 22.9. The van der Waals surface area contributed by atoms with Crippen LogP contribution in [0.4, 0.5) is 4.39 Å². The molecule has 0 spiro atoms. The van der Waals surface area contributed by atoms with E-state index in [1.165, 1.54) is 63.5 Å². The number of nitrogens with zero attached hydrogens (tertiary/aromatic N) is 1. The Morgan fingerprint density at radius 1 is 1.06 bits per heavy atom. The molecule has 1 aromatic carbocycles. The van der Waals surface area contributed by atoms with Gasteiger partial charge in [-0.15, -0.1) is 0 Å². The molecule has 1 heterocycles. The van der Waals surface area contributed by atoms with Crippen LogP contribution in [0.25, 0.3) is 11.3 Å². The van der Waals surface area contributed by atoms with Gasteiger partial charge in [-0.3, -0.25) is 4.79 Å². The van der Waals surface area contributed by atoms with E-state index in [0.29, 0.717) is 16.9 Å². The van der Waals surface area contributed by atoms with E-state index in [1.54, 1.807) is 13.2 Å². The maximum atomic E-state index is 14.2. The largest absolute Gasteiger partial charge is 0.496 e. The zero-order valence-electron chi connectivity index (χ0n) is 19.6. The predicted molar refractivity (Wildman–Crippen MR) is 127 cm³/mol. The zero-order valence-corrected chi connectivity index (χ0v) is 19.6. The summed E-state index contributed by atoms with van der Waals surface area (Å²) in [6.45, 7) is 2.86. The molecule has 4 rings (SSSR count). The Balaban J connectivity index is 1.65. The molecule has 1 N–H and O–H groups in total. The van der Waals surface area contributed by atoms with Crippen LogP contribution in [0.5, 0.6) is 5.75 Å². The van der Waals surface area contributed by atoms with Crippen LogP contribution in [0.15, 0.2) is 24.3 Å². The van der Waals surface area contributed by atoms with Gasteiger partial charge in [-0.1, -0.05) is 51.4 Å². The van der Waals surface area contributed by atoms with Crippen molar-refractivity contribution in [2.24, 2.45) is 5.92 Å². The van der Waals surface area contributed by atoms with E-state index >= 15 is 0 Å². The lowest BCUT2D eigenvalue weighted by molar-refractivity contribution is 0.0927. The molecule has 32 heavy (non-hydrogen) atoms. The lowest BCUT2D eigenvalue weighted by Gasteiger charge is -2.23. The highest BCUT2D eigenvalue weighted by Crippen LogP contribution is 2.35. The van der Waals surface area contributed by atoms with Gasteiger partial charge in [-0.2, -0.15) is 0 Å². The van der Waals surface area contributed by atoms with Gasteiger partial charge in [-0.25, -0.2) is 4.39 Å². The highest BCUT2D eigenvalue weighted by molar-refractivity contribution is 5.97. The minimum Gasteiger partial charge on any atom is -0.496 e. The summed E-state index contributed by atoms with van der Waals surface area (Å²) in [5.74, 6) is 1.04. The van der Waals surface area contributed by atoms with E-state index in [4.69, 9.17) is 4.74 Å². The number of halogens is 1. The summed E-state index contributed by atoms with van der Waals surface area (Å²) in [4.78, 5) is 13.2. The van der Waals surface area contributed by atoms with Gasteiger partial charge in [0.15, 0.2) is 0 Å². The van der Waals surface area contributed by atoms with Gasteiger partial charge in [0.05, 0.1) is 18.4 Å². The number of nitrogens with one attached hydrogen (secondary N) is 1. The second kappa shape index (κ2) is 10.5. The zero-order chi connectivity index (χ0) is 22.5. The Labute approximate surface area is 191 Å². The average Bonchev–Trinajstić information content (AvgIpc) is 3.15. The molecule has 0 aliphatic heterocycles. The van der Waals surface area contributed by atoms with E-state index in [0.717, 1.165) is 43.1 Å². The minimum atomic E-state index is -0.299. The van der Waals surface area contributed by atoms with Crippen LogP contribution in [0, 0.1) is 18.7 Å². The molecular weight excluding hydrogens is 403 g/mol. The van der Waals surface area contributed by atoms with Crippen molar-refractivity contribution in [1.29, 1.82) is 0 Å². The Bertz CT molecular complexity index is 924. The highest BCUT2D eigenvalue weighted by Gasteiger charge is 2.24. The summed E-state index contributed by atoms with van der Waals surface area (Å²) in [7, 11) is 1.61. The van der Waals surface area contributed by atoms with Gasteiger partial charge in [0, 0.05) is 23.8 Å². The molecule has 4 nitrogen and oxygen atoms in total. The number of rotatable bonds is 7. The number of benzene rings is 1. The molecule has 1 aromatic heterocycles. The monoisotopic (exact) mass is 440 g/mol. The van der Waals surface area contributed by atoms with Gasteiger partial charge in [0.2, 0.25) is 0 Å². The second-order valence-electron chi connectivity index (χ2n) is 9.63. The van der Waals surface area contributed by atoms with Gasteiger partial charge < -0.3 is 14.6 Å². The van der Waals surface area contributed by atoms with Gasteiger partial charge in [0.25, 0.3) is 5.91 Å². The number of aromatic nitrogens is 1. The lowest BCUT2D eigenvalue weighted by Crippen LogP contribution is -2.36. The number of methoxy groups -OCH3 is 1. The molecule has 0 saturated heterocycles. The summed E-state index contributed by atoms with van der Waals surface area (Å²) < 4.78 is 22.0. The molecule has 2 aromatic rings. The molecule has 0 atom stereocenters. The van der Waals surface area contributed by atoms with Crippen molar-refractivity contribution in [3.8, 4) is 17.0 Å². The molecule has 1 amide bonds. The fourth-order valence-electron chi connectivity index (χ4n) is 5.56. The third-order valence-corrected chi connectivity index (χ3v) is 7.47. The minimum absolute atomic E-state index is 0.0116. The fourth-order valence-corrected chi connectivity index (χ4v) is 5.56. The molecule has 2 aliphatic rings. The Kier molecular flexibility index (Phi) is 7.54. The number of carbonyl (C=O) groups excluding carboxylic acids is 1. The van der Waals surface area contributed by atoms with Crippen molar-refractivity contribution in [2.45, 2.75) is 90.1 Å². The molecule has 0 radical (unpaired) electrons. The van der Waals surface area contributed by atoms with Crippen molar-refractivity contribution < 1.29 is 13.9 Å². The summed E-state index contributed by atoms with van der Waals surface area (Å²) in [6.07, 6.45) is 13.4. The summed E-state index contributed by atoms with van der Waals surface area (Å²) in [5.41, 5.74) is 3.22. The molecule has 174 valence electrons. The molecule has 2 aliphatic carbocycles. The first-order valence-electron chi connectivity index (χ1n) is 12.4. The summed E-state index contributed by atoms with van der Waals surface area (Å²) in [5, 5.41) is 3.26. The van der Waals surface area contributed by atoms with Crippen molar-refractivity contribution in [2.75, 3.05) is 7.11 Å². The molecule has 2 fully saturated rings. The van der Waals surface area contributed by atoms with Crippen molar-refractivity contribution in [1.82, 2.24) is 9.88 Å². The van der Waals surface area contributed by atoms with Crippen LogP contribution in [0.2, 0.25) is 0 Å². The molecule has 0 bridgehead atoms. The van der Waals surface area contributed by atoms with E-state index in [1.807, 2.05) is 13.0 Å². The van der Waals surface area contributed by atoms with Crippen LogP contribution in [0.3, 0.4) is 0 Å². The average molecular weight is 441 g/mol. The number of amides is 1. The molecule has 0 unspecified atom stereocenters. The van der Waals surface area contributed by atoms with E-state index < -0.39 is 0 Å². The van der Waals surface area contributed by atoms with Crippen LogP contribution in [-0.2, 0) is 6.54 Å². The second-order valence-corrected chi connectivity index (χ2v) is 9.63. The lowest BCUT2D eigenvalue weighted by atomic mass is 9.87. The number of hydrogen-bond donors (Lipinski definition) is 1. The van der Waals surface area contributed by atoms with Crippen molar-refractivity contribution in [3.63, 3.8) is 0 Å². The normalized spacial score (nSPS) is 18.0. The molecule has 5 heteroatoms. The Morgan fingerprint density at radius 3 is 2.44 bits per heavy atom. The third-order valence-electron chi connectivity index (χ3n) is 7.47. The van der Waals surface area contributed by atoms with E-state index in [9.17, 15) is 9.18 Å². The maximum Gasteiger partial charge on any atom is 0.253 e. The van der Waals surface area contributed by atoms with Crippen molar-refractivity contribution in [3.05, 3.63) is 41.3 Å². The van der Waals surface area contributed by atoms with Crippen LogP contribution >= 0.6 is 0 Å². The number of ether oxygens (including phenoxy) is 1. The smallest absolute Gasteiger partial charge is 0.253 e. The van der Waals surface area contributed by atoms with Crippen LogP contribution in [-0.4, -0.2) is 23.6 Å². The number of carbonyl (C=O) groups is 1. The Morgan fingerprint density at radius 2 is 1.75 bits per heavy atom. The van der Waals surface area contributed by atoms with E-state index in [-0.39, 0.29) is 17.8 Å². The molecular formula is C27H37FN2O2. The van der Waals surface area contributed by atoms with Crippen LogP contribution < -0.4 is 10.1 Å². The summed E-state index contributed by atoms with van der Waals surface area (Å²) in [6, 6.07) is 6.80. The highest BCUT2D eigenvalue weighted by atomic mass is 19.1. The SMILES string of the molecule is COc1ccc(F)cc1-c1cc(C(=O)NC2CCCCC2)c(C)n1CCC1CCCCC1. The predicted octanol–water partition coefficient (Wildman–Crippen LogP) is 6.64. The van der Waals surface area contributed by atoms with E-state index in [2.05, 4.69) is 9.88 Å². The first-order valence-corrected chi connectivity index (χ1v) is 12.4. The number of hydrogen-bond acceptors (Lipinski definition) is 2. The fraction of sp³-hybridized carbons (Fsp3) is 0.593. The van der Waals surface area contributed by atoms with Gasteiger partial charge in [-0.05, 0) is 56.4 Å². The van der Waals surface area contributed by atoms with Gasteiger partial charge in [0.1, 0.15) is 11.6 Å². The quantitative estimate of drug-likeness (QED) is 0.524. The maximum absolute atomic E-state index is 14.2. The topological polar surface area (TPSA) is 43.3 Å².